The second-order valence-electron chi connectivity index (χ2n) is 2.01. The van der Waals surface area contributed by atoms with Gasteiger partial charge in [-0.1, -0.05) is 0 Å². The standard InChI is InChI=1S/C7H9N/c1-6-3-4-8-5-7(6)2/h3-5H,1-2H3/p+1. The zero-order chi connectivity index (χ0) is 5.98. The van der Waals surface area contributed by atoms with Gasteiger partial charge in [-0.05, 0) is 19.4 Å². The van der Waals surface area contributed by atoms with Gasteiger partial charge in [-0.2, -0.15) is 0 Å². The molecule has 1 nitrogen and oxygen atoms in total. The molecular weight excluding hydrogens is 98.1 g/mol. The maximum absolute atomic E-state index is 3.00. The summed E-state index contributed by atoms with van der Waals surface area (Å²) in [5.41, 5.74) is 2.65. The Bertz CT molecular complexity index is 160. The first-order valence-electron chi connectivity index (χ1n) is 2.74. The van der Waals surface area contributed by atoms with Gasteiger partial charge in [0.1, 0.15) is 0 Å². The first-order chi connectivity index (χ1) is 3.80. The number of hydrogen-bond acceptors (Lipinski definition) is 0. The number of nitrogens with one attached hydrogen (secondary N) is 1. The highest BCUT2D eigenvalue weighted by atomic mass is 14.6. The van der Waals surface area contributed by atoms with E-state index in [4.69, 9.17) is 0 Å². The maximum Gasteiger partial charge on any atom is 0.170 e. The third-order valence-electron chi connectivity index (χ3n) is 1.35. The third-order valence-corrected chi connectivity index (χ3v) is 1.35. The summed E-state index contributed by atoms with van der Waals surface area (Å²) in [6.07, 6.45) is 3.93. The molecule has 0 fully saturated rings. The molecule has 0 unspecified atom stereocenters. The fourth-order valence-electron chi connectivity index (χ4n) is 0.592. The Hall–Kier alpha value is -0.850. The zero-order valence-corrected chi connectivity index (χ0v) is 5.23. The fourth-order valence-corrected chi connectivity index (χ4v) is 0.592. The fraction of sp³-hybridized carbons (Fsp3) is 0.286. The van der Waals surface area contributed by atoms with Gasteiger partial charge in [-0.3, -0.25) is 0 Å². The molecule has 1 aromatic rings. The van der Waals surface area contributed by atoms with Crippen LogP contribution in [0.25, 0.3) is 0 Å². The molecule has 0 aliphatic rings. The Balaban J connectivity index is 3.13. The van der Waals surface area contributed by atoms with Gasteiger partial charge >= 0.3 is 0 Å². The summed E-state index contributed by atoms with van der Waals surface area (Å²) < 4.78 is 0. The van der Waals surface area contributed by atoms with E-state index in [1.54, 1.807) is 0 Å². The molecule has 1 heterocycles. The van der Waals surface area contributed by atoms with Gasteiger partial charge < -0.3 is 0 Å². The molecular formula is C7H10N+. The molecule has 8 heavy (non-hydrogen) atoms. The lowest BCUT2D eigenvalue weighted by atomic mass is 10.2. The van der Waals surface area contributed by atoms with Crippen molar-refractivity contribution >= 4 is 0 Å². The minimum absolute atomic E-state index is 1.31. The van der Waals surface area contributed by atoms with Crippen molar-refractivity contribution < 1.29 is 4.98 Å². The van der Waals surface area contributed by atoms with Crippen LogP contribution in [0.4, 0.5) is 0 Å². The van der Waals surface area contributed by atoms with Crippen molar-refractivity contribution in [1.82, 2.24) is 0 Å². The van der Waals surface area contributed by atoms with Crippen LogP contribution in [0, 0.1) is 13.8 Å². The molecule has 0 bridgehead atoms. The van der Waals surface area contributed by atoms with E-state index in [0.29, 0.717) is 0 Å². The van der Waals surface area contributed by atoms with Gasteiger partial charge in [0.25, 0.3) is 0 Å². The quantitative estimate of drug-likeness (QED) is 0.473. The Morgan fingerprint density at radius 3 is 2.38 bits per heavy atom. The molecule has 0 aliphatic heterocycles. The van der Waals surface area contributed by atoms with E-state index in [0.717, 1.165) is 0 Å². The maximum atomic E-state index is 3.00. The Morgan fingerprint density at radius 1 is 1.25 bits per heavy atom. The molecule has 0 atom stereocenters. The van der Waals surface area contributed by atoms with E-state index in [2.05, 4.69) is 24.9 Å². The number of aryl methyl sites for hydroxylation is 2. The predicted molar refractivity (Wildman–Crippen MR) is 32.5 cm³/mol. The van der Waals surface area contributed by atoms with Gasteiger partial charge in [-0.25, -0.2) is 4.98 Å². The molecule has 0 aromatic carbocycles. The lowest BCUT2D eigenvalue weighted by Crippen LogP contribution is -1.99. The molecule has 1 rings (SSSR count). The van der Waals surface area contributed by atoms with E-state index >= 15 is 0 Å². The first-order valence-corrected chi connectivity index (χ1v) is 2.74. The number of pyridine rings is 1. The van der Waals surface area contributed by atoms with E-state index in [1.165, 1.54) is 11.1 Å². The number of H-pyrrole nitrogens is 1. The third kappa shape index (κ3) is 0.861. The number of aromatic nitrogens is 1. The SMILES string of the molecule is Cc1cc[nH+]cc1C. The van der Waals surface area contributed by atoms with Gasteiger partial charge in [0.2, 0.25) is 0 Å². The number of rotatable bonds is 0. The summed E-state index contributed by atoms with van der Waals surface area (Å²) >= 11 is 0. The van der Waals surface area contributed by atoms with Crippen LogP contribution >= 0.6 is 0 Å². The van der Waals surface area contributed by atoms with Gasteiger partial charge in [0, 0.05) is 11.6 Å². The monoisotopic (exact) mass is 108 g/mol. The number of aromatic amines is 1. The summed E-state index contributed by atoms with van der Waals surface area (Å²) in [6, 6.07) is 2.06. The Kier molecular flexibility index (Phi) is 1.29. The lowest BCUT2D eigenvalue weighted by Gasteiger charge is -1.88. The Labute approximate surface area is 49.4 Å². The van der Waals surface area contributed by atoms with Crippen LogP contribution in [0.15, 0.2) is 18.5 Å². The van der Waals surface area contributed by atoms with Gasteiger partial charge in [-0.15, -0.1) is 0 Å². The van der Waals surface area contributed by atoms with Crippen LogP contribution in [0.2, 0.25) is 0 Å². The highest BCUT2D eigenvalue weighted by Gasteiger charge is 1.89. The molecule has 0 saturated carbocycles. The number of hydrogen-bond donors (Lipinski definition) is 0. The molecule has 1 N–H and O–H groups in total. The van der Waals surface area contributed by atoms with Crippen molar-refractivity contribution in [2.24, 2.45) is 0 Å². The Morgan fingerprint density at radius 2 is 2.00 bits per heavy atom. The summed E-state index contributed by atoms with van der Waals surface area (Å²) in [7, 11) is 0. The summed E-state index contributed by atoms with van der Waals surface area (Å²) in [5, 5.41) is 0. The molecule has 1 heteroatoms. The lowest BCUT2D eigenvalue weighted by molar-refractivity contribution is -0.378. The van der Waals surface area contributed by atoms with Crippen molar-refractivity contribution in [1.29, 1.82) is 0 Å². The topological polar surface area (TPSA) is 14.1 Å². The van der Waals surface area contributed by atoms with Gasteiger partial charge in [0.15, 0.2) is 12.4 Å². The normalized spacial score (nSPS) is 9.25. The molecule has 0 spiro atoms. The van der Waals surface area contributed by atoms with E-state index < -0.39 is 0 Å². The molecule has 42 valence electrons. The second kappa shape index (κ2) is 1.95. The molecule has 0 amide bonds. The summed E-state index contributed by atoms with van der Waals surface area (Å²) in [4.78, 5) is 3.00. The predicted octanol–water partition coefficient (Wildman–Crippen LogP) is 1.12. The largest absolute Gasteiger partial charge is 0.218 e. The van der Waals surface area contributed by atoms with E-state index in [-0.39, 0.29) is 0 Å². The minimum atomic E-state index is 1.31. The van der Waals surface area contributed by atoms with Crippen molar-refractivity contribution in [3.8, 4) is 0 Å². The summed E-state index contributed by atoms with van der Waals surface area (Å²) in [5.74, 6) is 0. The van der Waals surface area contributed by atoms with Crippen LogP contribution in [-0.4, -0.2) is 0 Å². The van der Waals surface area contributed by atoms with Crippen LogP contribution in [0.5, 0.6) is 0 Å². The summed E-state index contributed by atoms with van der Waals surface area (Å²) in [6.45, 7) is 4.19. The highest BCUT2D eigenvalue weighted by molar-refractivity contribution is 5.16. The average molecular weight is 108 g/mol. The minimum Gasteiger partial charge on any atom is -0.218 e. The van der Waals surface area contributed by atoms with Crippen LogP contribution in [0.3, 0.4) is 0 Å². The van der Waals surface area contributed by atoms with E-state index in [1.807, 2.05) is 12.4 Å². The van der Waals surface area contributed by atoms with Crippen molar-refractivity contribution in [2.75, 3.05) is 0 Å². The molecule has 1 aromatic heterocycles. The molecule has 0 radical (unpaired) electrons. The molecule has 0 aliphatic carbocycles. The molecule has 0 saturated heterocycles. The van der Waals surface area contributed by atoms with Crippen molar-refractivity contribution in [3.63, 3.8) is 0 Å². The van der Waals surface area contributed by atoms with Crippen molar-refractivity contribution in [2.45, 2.75) is 13.8 Å². The average Bonchev–Trinajstić information content (AvgIpc) is 1.77. The zero-order valence-electron chi connectivity index (χ0n) is 5.23. The van der Waals surface area contributed by atoms with Crippen molar-refractivity contribution in [3.05, 3.63) is 29.6 Å². The van der Waals surface area contributed by atoms with Crippen LogP contribution in [0.1, 0.15) is 11.1 Å². The highest BCUT2D eigenvalue weighted by Crippen LogP contribution is 1.97. The first kappa shape index (κ1) is 5.29. The van der Waals surface area contributed by atoms with E-state index in [9.17, 15) is 0 Å². The van der Waals surface area contributed by atoms with Crippen LogP contribution < -0.4 is 4.98 Å². The second-order valence-corrected chi connectivity index (χ2v) is 2.01. The van der Waals surface area contributed by atoms with Gasteiger partial charge in [0.05, 0.1) is 0 Å². The smallest absolute Gasteiger partial charge is 0.170 e. The van der Waals surface area contributed by atoms with Crippen LogP contribution in [-0.2, 0) is 0 Å².